The van der Waals surface area contributed by atoms with Crippen molar-refractivity contribution >= 4 is 59.3 Å². The van der Waals surface area contributed by atoms with E-state index in [4.69, 9.17) is 5.73 Å². The molecule has 9 heteroatoms. The number of nitrogens with one attached hydrogen (secondary N) is 1. The van der Waals surface area contributed by atoms with Crippen LogP contribution in [0, 0.1) is 12.7 Å². The third-order valence-corrected chi connectivity index (χ3v) is 8.57. The summed E-state index contributed by atoms with van der Waals surface area (Å²) in [7, 11) is -4.12. The molecule has 0 saturated carbocycles. The smallest absolute Gasteiger partial charge is 0.211 e. The van der Waals surface area contributed by atoms with E-state index < -0.39 is 21.4 Å². The summed E-state index contributed by atoms with van der Waals surface area (Å²) in [5, 5.41) is 2.89. The number of carbonyl (C=O) groups excluding carboxylic acids is 1. The number of carbonyl (C=O) groups is 1. The Morgan fingerprint density at radius 1 is 1.00 bits per heavy atom. The summed E-state index contributed by atoms with van der Waals surface area (Å²) in [6, 6.07) is 18.8. The molecule has 4 aromatic rings. The molecule has 0 amide bonds. The molecule has 4 rings (SSSR count). The summed E-state index contributed by atoms with van der Waals surface area (Å²) >= 11 is 4.17. The summed E-state index contributed by atoms with van der Waals surface area (Å²) in [6.07, 6.45) is 0. The van der Waals surface area contributed by atoms with Crippen molar-refractivity contribution in [3.63, 3.8) is 0 Å². The zero-order valence-electron chi connectivity index (χ0n) is 17.3. The predicted octanol–water partition coefficient (Wildman–Crippen LogP) is 6.35. The Bertz CT molecular complexity index is 1450. The monoisotopic (exact) mass is 544 g/mol. The van der Waals surface area contributed by atoms with Gasteiger partial charge in [0.15, 0.2) is 0 Å². The van der Waals surface area contributed by atoms with Gasteiger partial charge in [0, 0.05) is 10.0 Å². The molecule has 0 radical (unpaired) electrons. The van der Waals surface area contributed by atoms with Gasteiger partial charge in [-0.25, -0.2) is 12.8 Å². The van der Waals surface area contributed by atoms with E-state index in [9.17, 15) is 17.6 Å². The van der Waals surface area contributed by atoms with Crippen molar-refractivity contribution in [3.05, 3.63) is 99.1 Å². The van der Waals surface area contributed by atoms with Crippen LogP contribution in [0.3, 0.4) is 0 Å². The summed E-state index contributed by atoms with van der Waals surface area (Å²) < 4.78 is 42.1. The first-order chi connectivity index (χ1) is 15.7. The SMILES string of the molecule is Cc1ccc(C(=O)c2sc(Nc3ccccc3F)c(S(=O)(=O)c3ccc(Br)cc3)c2N)cc1. The maximum atomic E-state index is 14.3. The molecule has 0 aliphatic carbocycles. The Kier molecular flexibility index (Phi) is 6.38. The molecule has 0 bridgehead atoms. The van der Waals surface area contributed by atoms with E-state index >= 15 is 0 Å². The summed E-state index contributed by atoms with van der Waals surface area (Å²) in [6.45, 7) is 1.90. The number of para-hydroxylation sites is 1. The van der Waals surface area contributed by atoms with Crippen molar-refractivity contribution in [1.29, 1.82) is 0 Å². The zero-order valence-corrected chi connectivity index (χ0v) is 20.5. The van der Waals surface area contributed by atoms with Gasteiger partial charge in [-0.15, -0.1) is 11.3 Å². The average molecular weight is 545 g/mol. The number of thiophene rings is 1. The number of hydrogen-bond donors (Lipinski definition) is 2. The van der Waals surface area contributed by atoms with Gasteiger partial charge in [0.25, 0.3) is 0 Å². The maximum absolute atomic E-state index is 14.3. The van der Waals surface area contributed by atoms with Crippen molar-refractivity contribution in [2.24, 2.45) is 0 Å². The highest BCUT2D eigenvalue weighted by molar-refractivity contribution is 9.10. The molecular formula is C24H18BrFN2O3S2. The lowest BCUT2D eigenvalue weighted by atomic mass is 10.1. The molecule has 0 aliphatic heterocycles. The Morgan fingerprint density at radius 3 is 2.27 bits per heavy atom. The van der Waals surface area contributed by atoms with Crippen molar-refractivity contribution in [1.82, 2.24) is 0 Å². The standard InChI is InChI=1S/C24H18BrFN2O3S2/c1-14-6-8-15(9-7-14)21(29)22-20(27)23(33(30,31)17-12-10-16(25)11-13-17)24(32-22)28-19-5-3-2-4-18(19)26/h2-13,28H,27H2,1H3. The van der Waals surface area contributed by atoms with Crippen LogP contribution in [0.1, 0.15) is 20.8 Å². The first-order valence-electron chi connectivity index (χ1n) is 9.74. The van der Waals surface area contributed by atoms with Gasteiger partial charge in [-0.2, -0.15) is 0 Å². The molecule has 5 nitrogen and oxygen atoms in total. The van der Waals surface area contributed by atoms with Crippen LogP contribution >= 0.6 is 27.3 Å². The van der Waals surface area contributed by atoms with E-state index in [0.717, 1.165) is 16.9 Å². The third-order valence-electron chi connectivity index (χ3n) is 4.93. The number of halogens is 2. The fourth-order valence-electron chi connectivity index (χ4n) is 3.20. The minimum atomic E-state index is -4.12. The van der Waals surface area contributed by atoms with Crippen molar-refractivity contribution in [2.75, 3.05) is 11.1 Å². The highest BCUT2D eigenvalue weighted by Gasteiger charge is 2.32. The number of ketones is 1. The van der Waals surface area contributed by atoms with Gasteiger partial charge in [0.1, 0.15) is 20.6 Å². The molecule has 0 unspecified atom stereocenters. The fourth-order valence-corrected chi connectivity index (χ4v) is 6.39. The maximum Gasteiger partial charge on any atom is 0.211 e. The van der Waals surface area contributed by atoms with Gasteiger partial charge in [0.2, 0.25) is 15.6 Å². The lowest BCUT2D eigenvalue weighted by Gasteiger charge is -2.10. The van der Waals surface area contributed by atoms with Crippen molar-refractivity contribution < 1.29 is 17.6 Å². The van der Waals surface area contributed by atoms with E-state index in [2.05, 4.69) is 21.2 Å². The van der Waals surface area contributed by atoms with Gasteiger partial charge in [0.05, 0.1) is 16.3 Å². The number of benzene rings is 3. The third kappa shape index (κ3) is 4.57. The van der Waals surface area contributed by atoms with Crippen LogP contribution in [0.2, 0.25) is 0 Å². The number of anilines is 3. The van der Waals surface area contributed by atoms with Crippen LogP contribution in [-0.4, -0.2) is 14.2 Å². The first kappa shape index (κ1) is 23.2. The minimum Gasteiger partial charge on any atom is -0.396 e. The van der Waals surface area contributed by atoms with Crippen LogP contribution < -0.4 is 11.1 Å². The fraction of sp³-hybridized carbons (Fsp3) is 0.0417. The van der Waals surface area contributed by atoms with Gasteiger partial charge in [-0.3, -0.25) is 4.79 Å². The average Bonchev–Trinajstić information content (AvgIpc) is 3.12. The molecule has 168 valence electrons. The van der Waals surface area contributed by atoms with Crippen LogP contribution in [0.4, 0.5) is 20.8 Å². The minimum absolute atomic E-state index is 0.00104. The topological polar surface area (TPSA) is 89.3 Å². The molecule has 3 aromatic carbocycles. The summed E-state index contributed by atoms with van der Waals surface area (Å²) in [4.78, 5) is 13.0. The largest absolute Gasteiger partial charge is 0.396 e. The second-order valence-electron chi connectivity index (χ2n) is 7.26. The Balaban J connectivity index is 1.89. The number of nitrogen functional groups attached to an aromatic ring is 1. The Hall–Kier alpha value is -3.01. The van der Waals surface area contributed by atoms with Gasteiger partial charge in [-0.1, -0.05) is 57.9 Å². The normalized spacial score (nSPS) is 11.4. The van der Waals surface area contributed by atoms with Crippen LogP contribution in [-0.2, 0) is 9.84 Å². The number of aryl methyl sites for hydroxylation is 1. The molecule has 0 spiro atoms. The first-order valence-corrected chi connectivity index (χ1v) is 12.8. The summed E-state index contributed by atoms with van der Waals surface area (Å²) in [5.41, 5.74) is 7.53. The number of sulfone groups is 1. The highest BCUT2D eigenvalue weighted by atomic mass is 79.9. The van der Waals surface area contributed by atoms with Crippen molar-refractivity contribution in [3.8, 4) is 0 Å². The number of hydrogen-bond acceptors (Lipinski definition) is 6. The number of rotatable bonds is 6. The quantitative estimate of drug-likeness (QED) is 0.276. The van der Waals surface area contributed by atoms with Crippen LogP contribution in [0.25, 0.3) is 0 Å². The van der Waals surface area contributed by atoms with E-state index in [1.165, 1.54) is 30.3 Å². The van der Waals surface area contributed by atoms with E-state index in [0.29, 0.717) is 10.0 Å². The molecule has 0 saturated heterocycles. The molecule has 0 aliphatic rings. The highest BCUT2D eigenvalue weighted by Crippen LogP contribution is 2.44. The molecule has 33 heavy (non-hydrogen) atoms. The molecule has 3 N–H and O–H groups in total. The molecular weight excluding hydrogens is 527 g/mol. The van der Waals surface area contributed by atoms with Gasteiger partial charge >= 0.3 is 0 Å². The van der Waals surface area contributed by atoms with Crippen LogP contribution in [0.15, 0.2) is 87.1 Å². The van der Waals surface area contributed by atoms with E-state index in [-0.39, 0.29) is 31.0 Å². The lowest BCUT2D eigenvalue weighted by Crippen LogP contribution is -2.08. The van der Waals surface area contributed by atoms with E-state index in [1.54, 1.807) is 42.5 Å². The Morgan fingerprint density at radius 2 is 1.64 bits per heavy atom. The second-order valence-corrected chi connectivity index (χ2v) is 11.1. The number of nitrogens with two attached hydrogens (primary N) is 1. The summed E-state index contributed by atoms with van der Waals surface area (Å²) in [5.74, 6) is -0.978. The van der Waals surface area contributed by atoms with Crippen LogP contribution in [0.5, 0.6) is 0 Å². The predicted molar refractivity (Wildman–Crippen MR) is 133 cm³/mol. The van der Waals surface area contributed by atoms with Gasteiger partial charge < -0.3 is 11.1 Å². The molecule has 1 heterocycles. The molecule has 1 aromatic heterocycles. The second kappa shape index (κ2) is 9.09. The van der Waals surface area contributed by atoms with Crippen molar-refractivity contribution in [2.45, 2.75) is 16.7 Å². The Labute approximate surface area is 203 Å². The molecule has 0 atom stereocenters. The molecule has 0 fully saturated rings. The van der Waals surface area contributed by atoms with E-state index in [1.807, 2.05) is 6.92 Å². The van der Waals surface area contributed by atoms with Gasteiger partial charge in [-0.05, 0) is 43.3 Å². The zero-order chi connectivity index (χ0) is 23.8. The lowest BCUT2D eigenvalue weighted by molar-refractivity contribution is 0.104.